The first kappa shape index (κ1) is 16.5. The minimum atomic E-state index is -0.515. The van der Waals surface area contributed by atoms with Crippen LogP contribution < -0.4 is 15.5 Å². The number of benzene rings is 1. The summed E-state index contributed by atoms with van der Waals surface area (Å²) in [6.45, 7) is 2.07. The Kier molecular flexibility index (Phi) is 4.85. The van der Waals surface area contributed by atoms with Gasteiger partial charge in [-0.05, 0) is 31.9 Å². The van der Waals surface area contributed by atoms with E-state index in [1.165, 1.54) is 0 Å². The van der Waals surface area contributed by atoms with E-state index in [1.54, 1.807) is 4.90 Å². The third-order valence-corrected chi connectivity index (χ3v) is 4.62. The minimum Gasteiger partial charge on any atom is -0.396 e. The topological polar surface area (TPSA) is 81.7 Å². The van der Waals surface area contributed by atoms with E-state index in [0.29, 0.717) is 12.8 Å². The number of carbonyl (C=O) groups is 2. The molecule has 0 saturated carbocycles. The maximum atomic E-state index is 12.6. The number of anilines is 1. The van der Waals surface area contributed by atoms with Gasteiger partial charge in [0.1, 0.15) is 6.04 Å². The van der Waals surface area contributed by atoms with Crippen LogP contribution in [0.4, 0.5) is 10.5 Å². The number of hydrogen-bond acceptors (Lipinski definition) is 3. The zero-order chi connectivity index (χ0) is 17.1. The van der Waals surface area contributed by atoms with Crippen LogP contribution in [0.15, 0.2) is 42.5 Å². The van der Waals surface area contributed by atoms with Gasteiger partial charge in [0.05, 0.1) is 0 Å². The number of urea groups is 1. The predicted octanol–water partition coefficient (Wildman–Crippen LogP) is 1.42. The Balaban J connectivity index is 1.57. The zero-order valence-corrected chi connectivity index (χ0v) is 13.7. The highest BCUT2D eigenvalue weighted by Gasteiger charge is 2.39. The SMILES string of the molecule is CC1CC(NC(=O)N[C@@H]2C=C[C@H](CO)C2)C(=O)N1c1ccccc1. The Labute approximate surface area is 141 Å². The molecule has 3 N–H and O–H groups in total. The summed E-state index contributed by atoms with van der Waals surface area (Å²) < 4.78 is 0. The van der Waals surface area contributed by atoms with Crippen molar-refractivity contribution in [2.45, 2.75) is 37.9 Å². The molecule has 2 unspecified atom stereocenters. The van der Waals surface area contributed by atoms with Crippen LogP contribution in [0.1, 0.15) is 19.8 Å². The fourth-order valence-electron chi connectivity index (χ4n) is 3.41. The van der Waals surface area contributed by atoms with E-state index < -0.39 is 6.04 Å². The Hall–Kier alpha value is -2.34. The molecule has 3 rings (SSSR count). The molecule has 1 aromatic carbocycles. The molecular formula is C18H23N3O3. The molecule has 1 heterocycles. The lowest BCUT2D eigenvalue weighted by molar-refractivity contribution is -0.118. The van der Waals surface area contributed by atoms with Gasteiger partial charge in [0, 0.05) is 30.3 Å². The summed E-state index contributed by atoms with van der Waals surface area (Å²) in [5.74, 6) is 0.0102. The summed E-state index contributed by atoms with van der Waals surface area (Å²) >= 11 is 0. The van der Waals surface area contributed by atoms with E-state index in [0.717, 1.165) is 5.69 Å². The van der Waals surface area contributed by atoms with Crippen LogP contribution in [0.2, 0.25) is 0 Å². The molecule has 0 radical (unpaired) electrons. The quantitative estimate of drug-likeness (QED) is 0.731. The van der Waals surface area contributed by atoms with Crippen molar-refractivity contribution in [1.82, 2.24) is 10.6 Å². The molecule has 0 bridgehead atoms. The molecule has 2 aliphatic rings. The maximum absolute atomic E-state index is 12.6. The minimum absolute atomic E-state index is 0.0374. The lowest BCUT2D eigenvalue weighted by Crippen LogP contribution is -2.48. The van der Waals surface area contributed by atoms with Gasteiger partial charge in [-0.2, -0.15) is 0 Å². The average molecular weight is 329 g/mol. The number of nitrogens with one attached hydrogen (secondary N) is 2. The number of para-hydroxylation sites is 1. The van der Waals surface area contributed by atoms with E-state index in [1.807, 2.05) is 49.4 Å². The van der Waals surface area contributed by atoms with Gasteiger partial charge in [0.25, 0.3) is 0 Å². The zero-order valence-electron chi connectivity index (χ0n) is 13.7. The second-order valence-corrected chi connectivity index (χ2v) is 6.47. The number of hydrogen-bond donors (Lipinski definition) is 3. The fourth-order valence-corrected chi connectivity index (χ4v) is 3.41. The van der Waals surface area contributed by atoms with Crippen molar-refractivity contribution in [3.05, 3.63) is 42.5 Å². The summed E-state index contributed by atoms with van der Waals surface area (Å²) in [5, 5.41) is 14.7. The molecule has 1 aromatic rings. The number of aliphatic hydroxyl groups is 1. The van der Waals surface area contributed by atoms with E-state index in [9.17, 15) is 9.59 Å². The molecule has 4 atom stereocenters. The van der Waals surface area contributed by atoms with Crippen molar-refractivity contribution < 1.29 is 14.7 Å². The molecule has 3 amide bonds. The normalized spacial score (nSPS) is 29.1. The van der Waals surface area contributed by atoms with Crippen LogP contribution in [0.5, 0.6) is 0 Å². The average Bonchev–Trinajstić information content (AvgIpc) is 3.13. The van der Waals surface area contributed by atoms with Gasteiger partial charge in [0.15, 0.2) is 0 Å². The number of rotatable bonds is 4. The maximum Gasteiger partial charge on any atom is 0.315 e. The van der Waals surface area contributed by atoms with Gasteiger partial charge in [-0.1, -0.05) is 30.4 Å². The second kappa shape index (κ2) is 7.05. The first-order valence-electron chi connectivity index (χ1n) is 8.33. The first-order chi connectivity index (χ1) is 11.6. The third-order valence-electron chi connectivity index (χ3n) is 4.62. The van der Waals surface area contributed by atoms with Crippen LogP contribution in [-0.4, -0.2) is 41.8 Å². The molecule has 6 nitrogen and oxygen atoms in total. The van der Waals surface area contributed by atoms with Crippen molar-refractivity contribution in [3.8, 4) is 0 Å². The van der Waals surface area contributed by atoms with Gasteiger partial charge < -0.3 is 20.6 Å². The van der Waals surface area contributed by atoms with E-state index in [2.05, 4.69) is 10.6 Å². The molecular weight excluding hydrogens is 306 g/mol. The Bertz CT molecular complexity index is 632. The predicted molar refractivity (Wildman–Crippen MR) is 91.6 cm³/mol. The molecule has 0 aromatic heterocycles. The summed E-state index contributed by atoms with van der Waals surface area (Å²) in [6.07, 6.45) is 5.07. The summed E-state index contributed by atoms with van der Waals surface area (Å²) in [6, 6.07) is 8.58. The highest BCUT2D eigenvalue weighted by atomic mass is 16.3. The van der Waals surface area contributed by atoms with Crippen LogP contribution >= 0.6 is 0 Å². The number of nitrogens with zero attached hydrogens (tertiary/aromatic N) is 1. The molecule has 128 valence electrons. The van der Waals surface area contributed by atoms with Crippen LogP contribution in [0.25, 0.3) is 0 Å². The molecule has 1 aliphatic heterocycles. The molecule has 0 spiro atoms. The molecule has 1 saturated heterocycles. The van der Waals surface area contributed by atoms with E-state index >= 15 is 0 Å². The first-order valence-corrected chi connectivity index (χ1v) is 8.33. The Morgan fingerprint density at radius 1 is 1.21 bits per heavy atom. The third kappa shape index (κ3) is 3.43. The Morgan fingerprint density at radius 3 is 2.62 bits per heavy atom. The summed E-state index contributed by atoms with van der Waals surface area (Å²) in [4.78, 5) is 26.5. The monoisotopic (exact) mass is 329 g/mol. The van der Waals surface area contributed by atoms with Gasteiger partial charge >= 0.3 is 6.03 Å². The smallest absolute Gasteiger partial charge is 0.315 e. The van der Waals surface area contributed by atoms with Crippen molar-refractivity contribution in [3.63, 3.8) is 0 Å². The van der Waals surface area contributed by atoms with Crippen molar-refractivity contribution in [2.75, 3.05) is 11.5 Å². The van der Waals surface area contributed by atoms with Crippen molar-refractivity contribution in [2.24, 2.45) is 5.92 Å². The van der Waals surface area contributed by atoms with Gasteiger partial charge in [0.2, 0.25) is 5.91 Å². The summed E-state index contributed by atoms with van der Waals surface area (Å²) in [7, 11) is 0. The highest BCUT2D eigenvalue weighted by molar-refractivity contribution is 6.01. The van der Waals surface area contributed by atoms with Gasteiger partial charge in [-0.15, -0.1) is 0 Å². The van der Waals surface area contributed by atoms with Crippen molar-refractivity contribution >= 4 is 17.6 Å². The van der Waals surface area contributed by atoms with Gasteiger partial charge in [-0.3, -0.25) is 4.79 Å². The second-order valence-electron chi connectivity index (χ2n) is 6.47. The largest absolute Gasteiger partial charge is 0.396 e. The van der Waals surface area contributed by atoms with Gasteiger partial charge in [-0.25, -0.2) is 4.79 Å². The summed E-state index contributed by atoms with van der Waals surface area (Å²) in [5.41, 5.74) is 0.851. The number of amides is 3. The highest BCUT2D eigenvalue weighted by Crippen LogP contribution is 2.26. The lowest BCUT2D eigenvalue weighted by Gasteiger charge is -2.21. The van der Waals surface area contributed by atoms with Crippen molar-refractivity contribution in [1.29, 1.82) is 0 Å². The number of aliphatic hydroxyl groups excluding tert-OH is 1. The molecule has 24 heavy (non-hydrogen) atoms. The van der Waals surface area contributed by atoms with Crippen LogP contribution in [-0.2, 0) is 4.79 Å². The van der Waals surface area contributed by atoms with Crippen LogP contribution in [0.3, 0.4) is 0 Å². The Morgan fingerprint density at radius 2 is 1.96 bits per heavy atom. The standard InChI is InChI=1S/C18H23N3O3/c1-12-9-16(17(23)21(12)15-5-3-2-4-6-15)20-18(24)19-14-8-7-13(10-14)11-22/h2-8,12-14,16,22H,9-11H2,1H3,(H2,19,20,24)/t12?,13-,14+,16?/m0/s1. The molecule has 1 fully saturated rings. The molecule has 6 heteroatoms. The number of carbonyl (C=O) groups excluding carboxylic acids is 2. The van der Waals surface area contributed by atoms with E-state index in [-0.39, 0.29) is 36.5 Å². The van der Waals surface area contributed by atoms with E-state index in [4.69, 9.17) is 5.11 Å². The molecule has 1 aliphatic carbocycles. The lowest BCUT2D eigenvalue weighted by atomic mass is 10.1. The van der Waals surface area contributed by atoms with Crippen LogP contribution in [0, 0.1) is 5.92 Å². The fraction of sp³-hybridized carbons (Fsp3) is 0.444.